The van der Waals surface area contributed by atoms with Gasteiger partial charge in [0, 0.05) is 56.3 Å². The molecule has 2 aliphatic rings. The second kappa shape index (κ2) is 11.7. The number of amides is 1. The van der Waals surface area contributed by atoms with Crippen LogP contribution >= 0.6 is 0 Å². The molecule has 0 spiro atoms. The van der Waals surface area contributed by atoms with Crippen molar-refractivity contribution in [2.45, 2.75) is 13.0 Å². The van der Waals surface area contributed by atoms with Crippen molar-refractivity contribution in [1.82, 2.24) is 34.4 Å². The number of carbonyl (C=O) groups excluding carboxylic acids is 1. The lowest BCUT2D eigenvalue weighted by Crippen LogP contribution is -2.56. The van der Waals surface area contributed by atoms with Crippen LogP contribution in [0, 0.1) is 12.7 Å². The Morgan fingerprint density at radius 1 is 1.16 bits per heavy atom. The second-order valence-electron chi connectivity index (χ2n) is 11.4. The van der Waals surface area contributed by atoms with Crippen LogP contribution in [0.1, 0.15) is 5.56 Å². The third kappa shape index (κ3) is 5.57. The number of likely N-dealkylation sites (N-methyl/N-ethyl adjacent to an activating group) is 1. The number of pyridine rings is 1. The summed E-state index contributed by atoms with van der Waals surface area (Å²) in [6, 6.07) is 10.8. The lowest BCUT2D eigenvalue weighted by atomic mass is 10.1. The highest BCUT2D eigenvalue weighted by atomic mass is 19.1. The molecule has 0 aliphatic carbocycles. The molecule has 0 radical (unpaired) electrons. The van der Waals surface area contributed by atoms with E-state index in [2.05, 4.69) is 25.4 Å². The standard InChI is InChI=1S/C32H32FN9O3/c1-20-13-21(6-7-25(20)45-23-8-10-42-27(14-23)35-19-37-42)38-32-29-24(34-18-36-32)15-26-31(30(29)33)40-11-12-41(22(16-40)17-44-26)28(43)5-4-9-39(2)3/h4-8,10,13-15,18-19,22H,9,11-12,16-17H2,1-3H3,(H,34,36,38)/b5-4+. The van der Waals surface area contributed by atoms with Gasteiger partial charge < -0.3 is 29.5 Å². The molecular formula is C32H32FN9O3. The molecule has 2 bridgehead atoms. The molecule has 5 aromatic rings. The molecule has 1 unspecified atom stereocenters. The highest BCUT2D eigenvalue weighted by Crippen LogP contribution is 2.42. The third-order valence-corrected chi connectivity index (χ3v) is 7.97. The van der Waals surface area contributed by atoms with E-state index in [9.17, 15) is 4.79 Å². The quantitative estimate of drug-likeness (QED) is 0.270. The van der Waals surface area contributed by atoms with E-state index in [0.29, 0.717) is 71.8 Å². The first-order valence-electron chi connectivity index (χ1n) is 14.7. The number of halogens is 1. The van der Waals surface area contributed by atoms with E-state index >= 15 is 4.39 Å². The van der Waals surface area contributed by atoms with Crippen molar-refractivity contribution in [3.8, 4) is 17.2 Å². The number of nitrogens with zero attached hydrogens (tertiary/aromatic N) is 8. The Balaban J connectivity index is 1.13. The van der Waals surface area contributed by atoms with Gasteiger partial charge in [0.05, 0.1) is 16.9 Å². The summed E-state index contributed by atoms with van der Waals surface area (Å²) in [5, 5.41) is 7.65. The van der Waals surface area contributed by atoms with Crippen LogP contribution in [0.5, 0.6) is 17.2 Å². The SMILES string of the molecule is Cc1cc(Nc2ncnc3cc4c(c(F)c23)N2CCN(C(=O)/C=C/CN(C)C)C(CO4)C2)ccc1Oc1ccn2ncnc2c1. The largest absolute Gasteiger partial charge is 0.489 e. The van der Waals surface area contributed by atoms with Crippen molar-refractivity contribution < 1.29 is 18.7 Å². The van der Waals surface area contributed by atoms with Crippen molar-refractivity contribution in [1.29, 1.82) is 0 Å². The average molecular weight is 610 g/mol. The first kappa shape index (κ1) is 28.5. The van der Waals surface area contributed by atoms with Crippen LogP contribution in [0.25, 0.3) is 16.6 Å². The van der Waals surface area contributed by atoms with E-state index in [0.717, 1.165) is 5.56 Å². The van der Waals surface area contributed by atoms with E-state index < -0.39 is 5.82 Å². The minimum Gasteiger partial charge on any atom is -0.489 e. The summed E-state index contributed by atoms with van der Waals surface area (Å²) in [6.07, 6.45) is 8.13. The number of anilines is 3. The molecule has 0 saturated carbocycles. The number of benzene rings is 2. The molecule has 1 N–H and O–H groups in total. The van der Waals surface area contributed by atoms with Gasteiger partial charge in [-0.1, -0.05) is 6.08 Å². The molecule has 7 rings (SSSR count). The Bertz CT molecular complexity index is 1940. The summed E-state index contributed by atoms with van der Waals surface area (Å²) in [7, 11) is 3.90. The monoisotopic (exact) mass is 609 g/mol. The summed E-state index contributed by atoms with van der Waals surface area (Å²) in [6.45, 7) is 4.27. The molecule has 1 saturated heterocycles. The minimum absolute atomic E-state index is 0.0675. The number of nitrogens with one attached hydrogen (secondary N) is 1. The summed E-state index contributed by atoms with van der Waals surface area (Å²) in [5.74, 6) is 1.53. The third-order valence-electron chi connectivity index (χ3n) is 7.97. The van der Waals surface area contributed by atoms with Crippen LogP contribution in [-0.2, 0) is 4.79 Å². The Hall–Kier alpha value is -5.30. The van der Waals surface area contributed by atoms with Crippen LogP contribution in [-0.4, -0.2) is 93.2 Å². The number of hydrogen-bond donors (Lipinski definition) is 1. The van der Waals surface area contributed by atoms with Crippen LogP contribution in [0.4, 0.5) is 21.6 Å². The molecule has 12 nitrogen and oxygen atoms in total. The van der Waals surface area contributed by atoms with E-state index in [1.54, 1.807) is 22.9 Å². The van der Waals surface area contributed by atoms with Gasteiger partial charge in [0.2, 0.25) is 5.91 Å². The van der Waals surface area contributed by atoms with Gasteiger partial charge in [-0.05, 0) is 50.8 Å². The summed E-state index contributed by atoms with van der Waals surface area (Å²) < 4.78 is 30.4. The average Bonchev–Trinajstić information content (AvgIpc) is 3.44. The van der Waals surface area contributed by atoms with Crippen molar-refractivity contribution in [3.63, 3.8) is 0 Å². The van der Waals surface area contributed by atoms with E-state index in [4.69, 9.17) is 9.47 Å². The number of piperazine rings is 1. The fourth-order valence-corrected chi connectivity index (χ4v) is 5.75. The first-order chi connectivity index (χ1) is 21.8. The van der Waals surface area contributed by atoms with Gasteiger partial charge in [0.25, 0.3) is 0 Å². The van der Waals surface area contributed by atoms with Crippen molar-refractivity contribution in [2.75, 3.05) is 57.1 Å². The number of carbonyl (C=O) groups is 1. The van der Waals surface area contributed by atoms with Crippen LogP contribution in [0.3, 0.4) is 0 Å². The van der Waals surface area contributed by atoms with Crippen molar-refractivity contribution in [3.05, 3.63) is 78.8 Å². The number of ether oxygens (including phenoxy) is 2. The maximum absolute atomic E-state index is 16.5. The maximum Gasteiger partial charge on any atom is 0.246 e. The molecule has 13 heteroatoms. The predicted molar refractivity (Wildman–Crippen MR) is 168 cm³/mol. The van der Waals surface area contributed by atoms with Crippen molar-refractivity contribution in [2.24, 2.45) is 0 Å². The zero-order valence-corrected chi connectivity index (χ0v) is 25.1. The zero-order chi connectivity index (χ0) is 31.1. The van der Waals surface area contributed by atoms with Gasteiger partial charge in [0.1, 0.15) is 48.0 Å². The number of aryl methyl sites for hydroxylation is 1. The highest BCUT2D eigenvalue weighted by Gasteiger charge is 2.36. The summed E-state index contributed by atoms with van der Waals surface area (Å²) in [5.41, 5.74) is 3.05. The van der Waals surface area contributed by atoms with Crippen LogP contribution in [0.2, 0.25) is 0 Å². The molecule has 230 valence electrons. The van der Waals surface area contributed by atoms with E-state index in [1.807, 2.05) is 72.1 Å². The fraction of sp³-hybridized carbons (Fsp3) is 0.281. The number of rotatable bonds is 7. The normalized spacial score (nSPS) is 16.2. The van der Waals surface area contributed by atoms with Gasteiger partial charge >= 0.3 is 0 Å². The molecule has 2 aliphatic heterocycles. The molecular weight excluding hydrogens is 577 g/mol. The fourth-order valence-electron chi connectivity index (χ4n) is 5.75. The predicted octanol–water partition coefficient (Wildman–Crippen LogP) is 4.18. The van der Waals surface area contributed by atoms with Crippen LogP contribution in [0.15, 0.2) is 67.4 Å². The van der Waals surface area contributed by atoms with E-state index in [-0.39, 0.29) is 23.9 Å². The molecule has 5 heterocycles. The molecule has 1 fully saturated rings. The lowest BCUT2D eigenvalue weighted by molar-refractivity contribution is -0.129. The van der Waals surface area contributed by atoms with Gasteiger partial charge in [-0.25, -0.2) is 23.9 Å². The van der Waals surface area contributed by atoms with Gasteiger partial charge in [-0.3, -0.25) is 4.79 Å². The number of hydrogen-bond acceptors (Lipinski definition) is 10. The molecule has 1 amide bonds. The minimum atomic E-state index is -0.461. The summed E-state index contributed by atoms with van der Waals surface area (Å²) in [4.78, 5) is 31.7. The second-order valence-corrected chi connectivity index (χ2v) is 11.4. The number of fused-ring (bicyclic) bond motifs is 6. The Labute approximate surface area is 258 Å². The van der Waals surface area contributed by atoms with Gasteiger partial charge in [-0.15, -0.1) is 0 Å². The topological polar surface area (TPSA) is 113 Å². The highest BCUT2D eigenvalue weighted by molar-refractivity contribution is 5.96. The molecule has 2 aromatic carbocycles. The molecule has 1 atom stereocenters. The lowest BCUT2D eigenvalue weighted by Gasteiger charge is -2.39. The van der Waals surface area contributed by atoms with E-state index in [1.165, 1.54) is 12.7 Å². The maximum atomic E-state index is 16.5. The Morgan fingerprint density at radius 2 is 2.04 bits per heavy atom. The Kier molecular flexibility index (Phi) is 7.37. The van der Waals surface area contributed by atoms with Gasteiger partial charge in [-0.2, -0.15) is 5.10 Å². The smallest absolute Gasteiger partial charge is 0.246 e. The number of aromatic nitrogens is 5. The zero-order valence-electron chi connectivity index (χ0n) is 25.1. The van der Waals surface area contributed by atoms with Crippen molar-refractivity contribution >= 4 is 39.6 Å². The molecule has 3 aromatic heterocycles. The van der Waals surface area contributed by atoms with Gasteiger partial charge in [0.15, 0.2) is 11.5 Å². The molecule has 45 heavy (non-hydrogen) atoms. The Morgan fingerprint density at radius 3 is 2.89 bits per heavy atom. The first-order valence-corrected chi connectivity index (χ1v) is 14.7. The summed E-state index contributed by atoms with van der Waals surface area (Å²) >= 11 is 0. The van der Waals surface area contributed by atoms with Crippen LogP contribution < -0.4 is 19.7 Å².